The Morgan fingerprint density at radius 3 is 2.43 bits per heavy atom. The maximum absolute atomic E-state index is 12.2. The SMILES string of the molecule is CS(=O)(=O)SCCCCCNC(=O)CC(CC(=O)NO)c1ccc(Cl)cc1Cl. The number of unbranched alkanes of at least 4 members (excludes halogenated alkanes) is 2. The summed E-state index contributed by atoms with van der Waals surface area (Å²) in [4.78, 5) is 23.8. The van der Waals surface area contributed by atoms with Crippen molar-refractivity contribution in [2.24, 2.45) is 0 Å². The molecule has 28 heavy (non-hydrogen) atoms. The van der Waals surface area contributed by atoms with Gasteiger partial charge in [0.1, 0.15) is 0 Å². The maximum Gasteiger partial charge on any atom is 0.243 e. The van der Waals surface area contributed by atoms with E-state index in [0.717, 1.165) is 30.1 Å². The predicted molar refractivity (Wildman–Crippen MR) is 113 cm³/mol. The van der Waals surface area contributed by atoms with Crippen LogP contribution in [0, 0.1) is 0 Å². The van der Waals surface area contributed by atoms with E-state index in [1.165, 1.54) is 12.3 Å². The van der Waals surface area contributed by atoms with E-state index in [4.69, 9.17) is 28.4 Å². The first-order valence-corrected chi connectivity index (χ1v) is 12.8. The topological polar surface area (TPSA) is 113 Å². The Balaban J connectivity index is 2.50. The van der Waals surface area contributed by atoms with Crippen molar-refractivity contribution in [2.45, 2.75) is 38.0 Å². The molecule has 0 aromatic heterocycles. The van der Waals surface area contributed by atoms with Crippen LogP contribution < -0.4 is 10.8 Å². The summed E-state index contributed by atoms with van der Waals surface area (Å²) >= 11 is 12.1. The first-order valence-electron chi connectivity index (χ1n) is 8.61. The van der Waals surface area contributed by atoms with Crippen molar-refractivity contribution in [3.05, 3.63) is 33.8 Å². The van der Waals surface area contributed by atoms with Crippen LogP contribution in [0.4, 0.5) is 0 Å². The molecular weight excluding hydrogens is 447 g/mol. The predicted octanol–water partition coefficient (Wildman–Crippen LogP) is 3.34. The minimum atomic E-state index is -3.01. The first-order chi connectivity index (χ1) is 13.1. The molecule has 7 nitrogen and oxygen atoms in total. The molecule has 0 aliphatic heterocycles. The van der Waals surface area contributed by atoms with Gasteiger partial charge in [0, 0.05) is 47.4 Å². The second kappa shape index (κ2) is 12.5. The zero-order chi connectivity index (χ0) is 21.2. The molecule has 1 atom stereocenters. The number of rotatable bonds is 12. The van der Waals surface area contributed by atoms with Gasteiger partial charge in [0.05, 0.1) is 0 Å². The zero-order valence-electron chi connectivity index (χ0n) is 15.4. The lowest BCUT2D eigenvalue weighted by molar-refractivity contribution is -0.129. The van der Waals surface area contributed by atoms with E-state index < -0.39 is 20.7 Å². The van der Waals surface area contributed by atoms with Gasteiger partial charge in [-0.2, -0.15) is 0 Å². The molecule has 11 heteroatoms. The largest absolute Gasteiger partial charge is 0.356 e. The van der Waals surface area contributed by atoms with Gasteiger partial charge in [0.2, 0.25) is 11.8 Å². The highest BCUT2D eigenvalue weighted by molar-refractivity contribution is 8.71. The third kappa shape index (κ3) is 10.5. The number of amides is 2. The number of carbonyl (C=O) groups excluding carboxylic acids is 2. The maximum atomic E-state index is 12.2. The minimum absolute atomic E-state index is 0.0265. The second-order valence-electron chi connectivity index (χ2n) is 6.24. The Kier molecular flexibility index (Phi) is 11.2. The molecular formula is C17H24Cl2N2O5S2. The lowest BCUT2D eigenvalue weighted by Crippen LogP contribution is -2.28. The van der Waals surface area contributed by atoms with Crippen LogP contribution in [-0.4, -0.2) is 44.0 Å². The Hall–Kier alpha value is -1.000. The molecule has 158 valence electrons. The fourth-order valence-electron chi connectivity index (χ4n) is 2.53. The van der Waals surface area contributed by atoms with Crippen molar-refractivity contribution >= 4 is 54.7 Å². The van der Waals surface area contributed by atoms with Crippen molar-refractivity contribution in [3.8, 4) is 0 Å². The Labute approximate surface area is 178 Å². The molecule has 1 aromatic carbocycles. The van der Waals surface area contributed by atoms with Gasteiger partial charge in [0.25, 0.3) is 0 Å². The fraction of sp³-hybridized carbons (Fsp3) is 0.529. The molecule has 1 rings (SSSR count). The number of benzene rings is 1. The van der Waals surface area contributed by atoms with Crippen molar-refractivity contribution in [3.63, 3.8) is 0 Å². The van der Waals surface area contributed by atoms with Crippen LogP contribution in [0.3, 0.4) is 0 Å². The van der Waals surface area contributed by atoms with Crippen LogP contribution in [0.15, 0.2) is 18.2 Å². The lowest BCUT2D eigenvalue weighted by Gasteiger charge is -2.18. The summed E-state index contributed by atoms with van der Waals surface area (Å²) in [6, 6.07) is 4.82. The number of hydrogen-bond acceptors (Lipinski definition) is 6. The molecule has 0 heterocycles. The highest BCUT2D eigenvalue weighted by atomic mass is 35.5. The molecule has 1 unspecified atom stereocenters. The van der Waals surface area contributed by atoms with Gasteiger partial charge in [-0.25, -0.2) is 13.9 Å². The second-order valence-corrected chi connectivity index (χ2v) is 11.7. The van der Waals surface area contributed by atoms with E-state index in [9.17, 15) is 18.0 Å². The van der Waals surface area contributed by atoms with E-state index in [0.29, 0.717) is 27.9 Å². The monoisotopic (exact) mass is 470 g/mol. The summed E-state index contributed by atoms with van der Waals surface area (Å²) in [6.45, 7) is 0.454. The van der Waals surface area contributed by atoms with Crippen molar-refractivity contribution < 1.29 is 23.2 Å². The van der Waals surface area contributed by atoms with E-state index in [1.54, 1.807) is 17.6 Å². The van der Waals surface area contributed by atoms with Gasteiger partial charge in [-0.15, -0.1) is 0 Å². The molecule has 0 saturated heterocycles. The Morgan fingerprint density at radius 2 is 1.82 bits per heavy atom. The number of hydrogen-bond donors (Lipinski definition) is 3. The molecule has 0 bridgehead atoms. The van der Waals surface area contributed by atoms with Gasteiger partial charge in [-0.05, 0) is 41.3 Å². The van der Waals surface area contributed by atoms with Crippen LogP contribution in [0.2, 0.25) is 10.0 Å². The molecule has 0 fully saturated rings. The van der Waals surface area contributed by atoms with Crippen LogP contribution in [0.1, 0.15) is 43.6 Å². The Bertz CT molecular complexity index is 775. The van der Waals surface area contributed by atoms with Crippen molar-refractivity contribution in [1.29, 1.82) is 0 Å². The molecule has 1 aromatic rings. The highest BCUT2D eigenvalue weighted by Crippen LogP contribution is 2.31. The average Bonchev–Trinajstić information content (AvgIpc) is 2.59. The summed E-state index contributed by atoms with van der Waals surface area (Å²) < 4.78 is 22.0. The standard InChI is InChI=1S/C17H24Cl2N2O5S2/c1-28(25,26)27-8-4-2-3-7-20-16(22)9-12(10-17(23)21-24)14-6-5-13(18)11-15(14)19/h5-6,11-12,24H,2-4,7-10H2,1H3,(H,20,22)(H,21,23). The van der Waals surface area contributed by atoms with Crippen LogP contribution in [0.5, 0.6) is 0 Å². The molecule has 0 aliphatic rings. The van der Waals surface area contributed by atoms with Crippen molar-refractivity contribution in [2.75, 3.05) is 18.6 Å². The van der Waals surface area contributed by atoms with E-state index in [-0.39, 0.29) is 18.7 Å². The van der Waals surface area contributed by atoms with Gasteiger partial charge >= 0.3 is 0 Å². The summed E-state index contributed by atoms with van der Waals surface area (Å²) in [5, 5.41) is 12.4. The molecule has 0 aliphatic carbocycles. The number of nitrogens with one attached hydrogen (secondary N) is 2. The lowest BCUT2D eigenvalue weighted by atomic mass is 9.91. The number of hydroxylamine groups is 1. The van der Waals surface area contributed by atoms with Crippen LogP contribution >= 0.6 is 34.0 Å². The first kappa shape index (κ1) is 25.0. The van der Waals surface area contributed by atoms with E-state index >= 15 is 0 Å². The van der Waals surface area contributed by atoms with Gasteiger partial charge in [-0.3, -0.25) is 14.8 Å². The minimum Gasteiger partial charge on any atom is -0.356 e. The third-order valence-corrected chi connectivity index (χ3v) is 7.06. The van der Waals surface area contributed by atoms with Crippen LogP contribution in [-0.2, 0) is 18.5 Å². The zero-order valence-corrected chi connectivity index (χ0v) is 18.6. The van der Waals surface area contributed by atoms with E-state index in [2.05, 4.69) is 5.32 Å². The highest BCUT2D eigenvalue weighted by Gasteiger charge is 2.22. The number of carbonyl (C=O) groups is 2. The molecule has 2 amide bonds. The summed E-state index contributed by atoms with van der Waals surface area (Å²) in [5.41, 5.74) is 2.17. The third-order valence-electron chi connectivity index (χ3n) is 3.83. The average molecular weight is 471 g/mol. The molecule has 3 N–H and O–H groups in total. The van der Waals surface area contributed by atoms with Gasteiger partial charge < -0.3 is 5.32 Å². The Morgan fingerprint density at radius 1 is 1.14 bits per heavy atom. The quantitative estimate of drug-likeness (QED) is 0.187. The van der Waals surface area contributed by atoms with Gasteiger partial charge in [-0.1, -0.05) is 35.7 Å². The smallest absolute Gasteiger partial charge is 0.243 e. The van der Waals surface area contributed by atoms with E-state index in [1.807, 2.05) is 0 Å². The summed E-state index contributed by atoms with van der Waals surface area (Å²) in [6.07, 6.45) is 3.36. The summed E-state index contributed by atoms with van der Waals surface area (Å²) in [5.74, 6) is -0.845. The fourth-order valence-corrected chi connectivity index (χ4v) is 4.98. The number of halogens is 2. The molecule has 0 spiro atoms. The summed E-state index contributed by atoms with van der Waals surface area (Å²) in [7, 11) is -2.09. The molecule has 0 radical (unpaired) electrons. The molecule has 0 saturated carbocycles. The normalized spacial score (nSPS) is 12.4. The van der Waals surface area contributed by atoms with Gasteiger partial charge in [0.15, 0.2) is 8.87 Å². The van der Waals surface area contributed by atoms with Crippen molar-refractivity contribution in [1.82, 2.24) is 10.8 Å². The van der Waals surface area contributed by atoms with Crippen LogP contribution in [0.25, 0.3) is 0 Å².